The standard InChI is InChI=1S/C9H13F2N3O3/c1-16-8(15)3-12-6-4-14(5-7(10)11)13-9(6)17-2/h4,7,12H,3,5H2,1-2H3. The Morgan fingerprint density at radius 2 is 2.29 bits per heavy atom. The molecule has 0 radical (unpaired) electrons. The zero-order valence-corrected chi connectivity index (χ0v) is 9.44. The van der Waals surface area contributed by atoms with Crippen LogP contribution in [0.1, 0.15) is 0 Å². The zero-order chi connectivity index (χ0) is 12.8. The number of carbonyl (C=O) groups excluding carboxylic acids is 1. The number of nitrogens with one attached hydrogen (secondary N) is 1. The minimum Gasteiger partial charge on any atom is -0.478 e. The summed E-state index contributed by atoms with van der Waals surface area (Å²) in [5.74, 6) is -0.330. The number of rotatable bonds is 6. The maximum absolute atomic E-state index is 12.1. The maximum Gasteiger partial charge on any atom is 0.325 e. The van der Waals surface area contributed by atoms with E-state index >= 15 is 0 Å². The summed E-state index contributed by atoms with van der Waals surface area (Å²) >= 11 is 0. The van der Waals surface area contributed by atoms with E-state index in [0.29, 0.717) is 5.69 Å². The minimum absolute atomic E-state index is 0.0900. The molecule has 0 saturated heterocycles. The first-order chi connectivity index (χ1) is 8.06. The van der Waals surface area contributed by atoms with Gasteiger partial charge in [-0.05, 0) is 0 Å². The Morgan fingerprint density at radius 1 is 1.59 bits per heavy atom. The van der Waals surface area contributed by atoms with Crippen LogP contribution >= 0.6 is 0 Å². The lowest BCUT2D eigenvalue weighted by Gasteiger charge is -2.03. The minimum atomic E-state index is -2.51. The van der Waals surface area contributed by atoms with Crippen molar-refractivity contribution in [3.8, 4) is 5.88 Å². The molecule has 1 heterocycles. The molecule has 0 atom stereocenters. The predicted octanol–water partition coefficient (Wildman–Crippen LogP) is 0.742. The topological polar surface area (TPSA) is 65.4 Å². The lowest BCUT2D eigenvalue weighted by Crippen LogP contribution is -2.15. The third-order valence-electron chi connectivity index (χ3n) is 1.90. The number of nitrogens with zero attached hydrogens (tertiary/aromatic N) is 2. The average molecular weight is 249 g/mol. The van der Waals surface area contributed by atoms with Crippen LogP contribution in [0.15, 0.2) is 6.20 Å². The van der Waals surface area contributed by atoms with Crippen molar-refractivity contribution in [2.75, 3.05) is 26.1 Å². The number of halogens is 2. The third kappa shape index (κ3) is 3.89. The Kier molecular flexibility index (Phi) is 4.68. The fraction of sp³-hybridized carbons (Fsp3) is 0.556. The van der Waals surface area contributed by atoms with Gasteiger partial charge in [-0.15, -0.1) is 5.10 Å². The average Bonchev–Trinajstić information content (AvgIpc) is 2.67. The van der Waals surface area contributed by atoms with Crippen LogP contribution in [0, 0.1) is 0 Å². The van der Waals surface area contributed by atoms with Crippen molar-refractivity contribution < 1.29 is 23.0 Å². The van der Waals surface area contributed by atoms with Gasteiger partial charge in [0.15, 0.2) is 0 Å². The second-order valence-corrected chi connectivity index (χ2v) is 3.09. The molecule has 6 nitrogen and oxygen atoms in total. The van der Waals surface area contributed by atoms with E-state index in [9.17, 15) is 13.6 Å². The summed E-state index contributed by atoms with van der Waals surface area (Å²) in [5, 5.41) is 6.45. The normalized spacial score (nSPS) is 10.4. The molecule has 96 valence electrons. The van der Waals surface area contributed by atoms with Crippen LogP contribution < -0.4 is 10.1 Å². The van der Waals surface area contributed by atoms with Crippen LogP contribution in [0.4, 0.5) is 14.5 Å². The van der Waals surface area contributed by atoms with Crippen LogP contribution in [0.2, 0.25) is 0 Å². The Bertz CT molecular complexity index is 382. The first-order valence-electron chi connectivity index (χ1n) is 4.77. The highest BCUT2D eigenvalue weighted by Gasteiger charge is 2.13. The van der Waals surface area contributed by atoms with Crippen molar-refractivity contribution in [2.24, 2.45) is 0 Å². The van der Waals surface area contributed by atoms with Gasteiger partial charge < -0.3 is 14.8 Å². The summed E-state index contributed by atoms with van der Waals surface area (Å²) in [6, 6.07) is 0. The summed E-state index contributed by atoms with van der Waals surface area (Å²) in [6.45, 7) is -0.622. The van der Waals surface area contributed by atoms with E-state index in [1.54, 1.807) is 0 Å². The van der Waals surface area contributed by atoms with Gasteiger partial charge in [0.1, 0.15) is 18.8 Å². The number of alkyl halides is 2. The van der Waals surface area contributed by atoms with E-state index < -0.39 is 18.9 Å². The second kappa shape index (κ2) is 6.02. The molecule has 0 spiro atoms. The summed E-state index contributed by atoms with van der Waals surface area (Å²) in [5.41, 5.74) is 0.360. The fourth-order valence-corrected chi connectivity index (χ4v) is 1.15. The number of hydrogen-bond donors (Lipinski definition) is 1. The number of esters is 1. The van der Waals surface area contributed by atoms with Gasteiger partial charge in [-0.25, -0.2) is 8.78 Å². The largest absolute Gasteiger partial charge is 0.478 e. The fourth-order valence-electron chi connectivity index (χ4n) is 1.15. The molecule has 0 aliphatic heterocycles. The van der Waals surface area contributed by atoms with Gasteiger partial charge >= 0.3 is 5.97 Å². The molecule has 0 aromatic carbocycles. The predicted molar refractivity (Wildman–Crippen MR) is 55.3 cm³/mol. The Balaban J connectivity index is 2.69. The molecule has 0 amide bonds. The van der Waals surface area contributed by atoms with Gasteiger partial charge in [-0.2, -0.15) is 0 Å². The van der Waals surface area contributed by atoms with Crippen LogP contribution in [-0.4, -0.2) is 42.9 Å². The number of hydrogen-bond acceptors (Lipinski definition) is 5. The highest BCUT2D eigenvalue weighted by atomic mass is 19.3. The number of methoxy groups -OCH3 is 2. The van der Waals surface area contributed by atoms with E-state index in [4.69, 9.17) is 4.74 Å². The van der Waals surface area contributed by atoms with Crippen molar-refractivity contribution in [3.63, 3.8) is 0 Å². The van der Waals surface area contributed by atoms with Crippen molar-refractivity contribution >= 4 is 11.7 Å². The molecule has 0 bridgehead atoms. The number of anilines is 1. The van der Waals surface area contributed by atoms with Gasteiger partial charge in [0.25, 0.3) is 12.3 Å². The van der Waals surface area contributed by atoms with Crippen molar-refractivity contribution in [1.29, 1.82) is 0 Å². The quantitative estimate of drug-likeness (QED) is 0.753. The molecule has 0 aliphatic rings. The summed E-state index contributed by atoms with van der Waals surface area (Å²) in [6.07, 6.45) is -1.17. The molecule has 17 heavy (non-hydrogen) atoms. The van der Waals surface area contributed by atoms with Crippen molar-refractivity contribution in [3.05, 3.63) is 6.20 Å². The summed E-state index contributed by atoms with van der Waals surface area (Å²) in [7, 11) is 2.61. The van der Waals surface area contributed by atoms with Gasteiger partial charge in [0, 0.05) is 0 Å². The summed E-state index contributed by atoms with van der Waals surface area (Å²) in [4.78, 5) is 10.9. The molecule has 1 aromatic rings. The first kappa shape index (κ1) is 13.2. The van der Waals surface area contributed by atoms with E-state index in [-0.39, 0.29) is 12.4 Å². The molecular weight excluding hydrogens is 236 g/mol. The van der Waals surface area contributed by atoms with Crippen LogP contribution in [0.3, 0.4) is 0 Å². The molecule has 0 unspecified atom stereocenters. The van der Waals surface area contributed by atoms with Crippen LogP contribution in [0.25, 0.3) is 0 Å². The second-order valence-electron chi connectivity index (χ2n) is 3.09. The Morgan fingerprint density at radius 3 is 2.82 bits per heavy atom. The summed E-state index contributed by atoms with van der Waals surface area (Å²) < 4.78 is 34.6. The van der Waals surface area contributed by atoms with Gasteiger partial charge in [0.2, 0.25) is 0 Å². The molecule has 8 heteroatoms. The van der Waals surface area contributed by atoms with E-state index in [0.717, 1.165) is 4.68 Å². The SMILES string of the molecule is COC(=O)CNc1cn(CC(F)F)nc1OC. The maximum atomic E-state index is 12.1. The Labute approximate surface area is 96.5 Å². The molecule has 0 aliphatic carbocycles. The lowest BCUT2D eigenvalue weighted by atomic mass is 10.5. The first-order valence-corrected chi connectivity index (χ1v) is 4.77. The lowest BCUT2D eigenvalue weighted by molar-refractivity contribution is -0.138. The molecule has 1 rings (SSSR count). The van der Waals surface area contributed by atoms with E-state index in [1.165, 1.54) is 20.4 Å². The van der Waals surface area contributed by atoms with Crippen LogP contribution in [-0.2, 0) is 16.1 Å². The van der Waals surface area contributed by atoms with Crippen LogP contribution in [0.5, 0.6) is 5.88 Å². The van der Waals surface area contributed by atoms with Gasteiger partial charge in [-0.1, -0.05) is 0 Å². The number of aromatic nitrogens is 2. The highest BCUT2D eigenvalue weighted by molar-refractivity contribution is 5.75. The monoisotopic (exact) mass is 249 g/mol. The third-order valence-corrected chi connectivity index (χ3v) is 1.90. The Hall–Kier alpha value is -1.86. The molecule has 0 fully saturated rings. The number of carbonyl (C=O) groups is 1. The van der Waals surface area contributed by atoms with E-state index in [1.807, 2.05) is 0 Å². The molecule has 1 aromatic heterocycles. The smallest absolute Gasteiger partial charge is 0.325 e. The molecular formula is C9H13F2N3O3. The molecule has 0 saturated carbocycles. The van der Waals surface area contributed by atoms with Gasteiger partial charge in [-0.3, -0.25) is 9.48 Å². The van der Waals surface area contributed by atoms with Crippen molar-refractivity contribution in [2.45, 2.75) is 13.0 Å². The van der Waals surface area contributed by atoms with Gasteiger partial charge in [0.05, 0.1) is 20.4 Å². The van der Waals surface area contributed by atoms with Crippen molar-refractivity contribution in [1.82, 2.24) is 9.78 Å². The number of ether oxygens (including phenoxy) is 2. The molecule has 1 N–H and O–H groups in total. The highest BCUT2D eigenvalue weighted by Crippen LogP contribution is 2.21. The zero-order valence-electron chi connectivity index (χ0n) is 9.44. The van der Waals surface area contributed by atoms with E-state index in [2.05, 4.69) is 15.2 Å².